The second-order valence-corrected chi connectivity index (χ2v) is 14.0. The predicted octanol–water partition coefficient (Wildman–Crippen LogP) is 11.3. The van der Waals surface area contributed by atoms with Crippen molar-refractivity contribution in [1.82, 2.24) is 9.97 Å². The number of pyridine rings is 2. The Balaban J connectivity index is 0.000000162. The van der Waals surface area contributed by atoms with Crippen LogP contribution in [0.15, 0.2) is 115 Å². The van der Waals surface area contributed by atoms with Crippen LogP contribution in [0.3, 0.4) is 0 Å². The molecule has 8 nitrogen and oxygen atoms in total. The third-order valence-corrected chi connectivity index (χ3v) is 10.1. The highest BCUT2D eigenvalue weighted by molar-refractivity contribution is 6.30. The number of hydrogen-bond acceptors (Lipinski definition) is 6. The van der Waals surface area contributed by atoms with Gasteiger partial charge < -0.3 is 21.3 Å². The summed E-state index contributed by atoms with van der Waals surface area (Å²) in [7, 11) is 0. The number of anilines is 6. The quantitative estimate of drug-likeness (QED) is 0.125. The van der Waals surface area contributed by atoms with E-state index in [1.54, 1.807) is 0 Å². The Kier molecular flexibility index (Phi) is 11.2. The number of amides is 2. The average Bonchev–Trinajstić information content (AvgIpc) is 3.73. The van der Waals surface area contributed by atoms with E-state index in [9.17, 15) is 9.59 Å². The van der Waals surface area contributed by atoms with Gasteiger partial charge in [-0.2, -0.15) is 0 Å². The van der Waals surface area contributed by atoms with Gasteiger partial charge in [0.1, 0.15) is 11.6 Å². The molecule has 264 valence electrons. The van der Waals surface area contributed by atoms with E-state index in [0.717, 1.165) is 102 Å². The van der Waals surface area contributed by atoms with Crippen molar-refractivity contribution < 1.29 is 9.59 Å². The van der Waals surface area contributed by atoms with Gasteiger partial charge in [0, 0.05) is 51.1 Å². The molecule has 2 saturated carbocycles. The van der Waals surface area contributed by atoms with Crippen molar-refractivity contribution in [2.24, 2.45) is 11.8 Å². The standard InChI is InChI=1S/C22H23N3O.C21H20ClN3O/c26-22(16-9-3-1-4-10-16)25-20-15-21(23-17-11-5-2-6-12-17)24-19-14-8-7-13-18(19)20;22-15-9-11-16(12-10-15)23-20-13-19(17-7-3-4-8-18(17)24-20)25-21(26)14-5-1-2-6-14/h2,5-8,11-16H,1,3-4,9-10H2,(H2,23,24,25,26);3-4,7-14H,1-2,5-6H2,(H2,23,24,25,26). The molecule has 6 aromatic rings. The number of carbonyl (C=O) groups is 2. The second kappa shape index (κ2) is 16.7. The highest BCUT2D eigenvalue weighted by Gasteiger charge is 2.24. The van der Waals surface area contributed by atoms with Crippen LogP contribution in [0.2, 0.25) is 5.02 Å². The molecule has 0 radical (unpaired) electrons. The molecule has 0 atom stereocenters. The van der Waals surface area contributed by atoms with Crippen LogP contribution in [-0.4, -0.2) is 21.8 Å². The van der Waals surface area contributed by atoms with Gasteiger partial charge in [-0.15, -0.1) is 0 Å². The highest BCUT2D eigenvalue weighted by atomic mass is 35.5. The normalized spacial score (nSPS) is 14.7. The number of rotatable bonds is 8. The SMILES string of the molecule is O=C(Nc1cc(Nc2ccc(Cl)cc2)nc2ccccc12)C1CCCC1.O=C(Nc1cc(Nc2ccccc2)nc2ccccc12)C1CCCCC1. The van der Waals surface area contributed by atoms with Gasteiger partial charge in [-0.05, 0) is 74.2 Å². The molecule has 0 spiro atoms. The fourth-order valence-corrected chi connectivity index (χ4v) is 7.18. The molecule has 2 aromatic heterocycles. The Bertz CT molecular complexity index is 2150. The summed E-state index contributed by atoms with van der Waals surface area (Å²) < 4.78 is 0. The minimum absolute atomic E-state index is 0.108. The van der Waals surface area contributed by atoms with E-state index in [4.69, 9.17) is 11.6 Å². The van der Waals surface area contributed by atoms with Crippen LogP contribution in [-0.2, 0) is 9.59 Å². The molecule has 2 amide bonds. The van der Waals surface area contributed by atoms with Crippen LogP contribution >= 0.6 is 11.6 Å². The molecule has 2 aliphatic rings. The molecule has 0 saturated heterocycles. The number of fused-ring (bicyclic) bond motifs is 2. The second-order valence-electron chi connectivity index (χ2n) is 13.6. The molecule has 2 fully saturated rings. The van der Waals surface area contributed by atoms with Crippen molar-refractivity contribution in [2.75, 3.05) is 21.3 Å². The maximum absolute atomic E-state index is 12.7. The first kappa shape index (κ1) is 35.0. The van der Waals surface area contributed by atoms with Gasteiger partial charge in [-0.1, -0.05) is 98.3 Å². The summed E-state index contributed by atoms with van der Waals surface area (Å²) in [5.41, 5.74) is 5.19. The predicted molar refractivity (Wildman–Crippen MR) is 214 cm³/mol. The molecule has 2 aliphatic carbocycles. The number of para-hydroxylation sites is 3. The molecule has 4 N–H and O–H groups in total. The summed E-state index contributed by atoms with van der Waals surface area (Å²) in [5, 5.41) is 15.5. The minimum atomic E-state index is 0.108. The van der Waals surface area contributed by atoms with Gasteiger partial charge in [0.15, 0.2) is 0 Å². The van der Waals surface area contributed by atoms with E-state index in [0.29, 0.717) is 10.8 Å². The third kappa shape index (κ3) is 8.87. The average molecular weight is 711 g/mol. The number of aromatic nitrogens is 2. The molecule has 2 heterocycles. The number of nitrogens with one attached hydrogen (secondary N) is 4. The van der Waals surface area contributed by atoms with Gasteiger partial charge in [-0.25, -0.2) is 9.97 Å². The fraction of sp³-hybridized carbons (Fsp3) is 0.256. The smallest absolute Gasteiger partial charge is 0.227 e. The fourth-order valence-electron chi connectivity index (χ4n) is 7.06. The molecule has 0 unspecified atom stereocenters. The van der Waals surface area contributed by atoms with Crippen LogP contribution in [0.4, 0.5) is 34.4 Å². The van der Waals surface area contributed by atoms with Crippen LogP contribution in [0.1, 0.15) is 57.8 Å². The van der Waals surface area contributed by atoms with Crippen LogP contribution in [0.5, 0.6) is 0 Å². The zero-order valence-corrected chi connectivity index (χ0v) is 29.8. The van der Waals surface area contributed by atoms with Crippen molar-refractivity contribution in [1.29, 1.82) is 0 Å². The van der Waals surface area contributed by atoms with Gasteiger partial charge in [-0.3, -0.25) is 9.59 Å². The summed E-state index contributed by atoms with van der Waals surface area (Å²) in [4.78, 5) is 34.7. The number of nitrogens with zero attached hydrogens (tertiary/aromatic N) is 2. The summed E-state index contributed by atoms with van der Waals surface area (Å²) in [6.45, 7) is 0. The molecular formula is C43H43ClN6O2. The summed E-state index contributed by atoms with van der Waals surface area (Å²) in [6.07, 6.45) is 9.75. The van der Waals surface area contributed by atoms with Gasteiger partial charge in [0.25, 0.3) is 0 Å². The van der Waals surface area contributed by atoms with E-state index < -0.39 is 0 Å². The first-order valence-electron chi connectivity index (χ1n) is 18.2. The lowest BCUT2D eigenvalue weighted by Gasteiger charge is -2.21. The molecule has 9 heteroatoms. The zero-order chi connectivity index (χ0) is 35.7. The Morgan fingerprint density at radius 1 is 0.519 bits per heavy atom. The van der Waals surface area contributed by atoms with Gasteiger partial charge in [0.2, 0.25) is 11.8 Å². The third-order valence-electron chi connectivity index (χ3n) is 9.81. The van der Waals surface area contributed by atoms with Crippen molar-refractivity contribution in [3.8, 4) is 0 Å². The first-order valence-corrected chi connectivity index (χ1v) is 18.6. The van der Waals surface area contributed by atoms with Crippen LogP contribution in [0, 0.1) is 11.8 Å². The Morgan fingerprint density at radius 2 is 0.942 bits per heavy atom. The van der Waals surface area contributed by atoms with Gasteiger partial charge in [0.05, 0.1) is 22.4 Å². The van der Waals surface area contributed by atoms with E-state index in [1.165, 1.54) is 6.42 Å². The van der Waals surface area contributed by atoms with E-state index in [-0.39, 0.29) is 23.7 Å². The highest BCUT2D eigenvalue weighted by Crippen LogP contribution is 2.32. The molecule has 8 rings (SSSR count). The summed E-state index contributed by atoms with van der Waals surface area (Å²) in [5.74, 6) is 1.90. The van der Waals surface area contributed by atoms with Crippen LogP contribution < -0.4 is 21.3 Å². The monoisotopic (exact) mass is 710 g/mol. The lowest BCUT2D eigenvalue weighted by molar-refractivity contribution is -0.121. The summed E-state index contributed by atoms with van der Waals surface area (Å²) in [6, 6.07) is 37.0. The molecule has 0 aliphatic heterocycles. The Hall–Kier alpha value is -5.47. The number of carbonyl (C=O) groups excluding carboxylic acids is 2. The molecule has 52 heavy (non-hydrogen) atoms. The van der Waals surface area contributed by atoms with Crippen molar-refractivity contribution >= 4 is 79.6 Å². The van der Waals surface area contributed by atoms with E-state index >= 15 is 0 Å². The summed E-state index contributed by atoms with van der Waals surface area (Å²) >= 11 is 5.95. The minimum Gasteiger partial charge on any atom is -0.340 e. The molecule has 4 aromatic carbocycles. The van der Waals surface area contributed by atoms with Crippen molar-refractivity contribution in [2.45, 2.75) is 57.8 Å². The van der Waals surface area contributed by atoms with E-state index in [2.05, 4.69) is 31.2 Å². The molecular weight excluding hydrogens is 668 g/mol. The Labute approximate surface area is 309 Å². The topological polar surface area (TPSA) is 108 Å². The maximum atomic E-state index is 12.7. The van der Waals surface area contributed by atoms with E-state index in [1.807, 2.05) is 115 Å². The first-order chi connectivity index (χ1) is 25.5. The number of hydrogen-bond donors (Lipinski definition) is 4. The lowest BCUT2D eigenvalue weighted by atomic mass is 9.88. The Morgan fingerprint density at radius 3 is 1.44 bits per heavy atom. The number of halogens is 1. The maximum Gasteiger partial charge on any atom is 0.227 e. The zero-order valence-electron chi connectivity index (χ0n) is 29.1. The lowest BCUT2D eigenvalue weighted by Crippen LogP contribution is -2.24. The van der Waals surface area contributed by atoms with Crippen molar-refractivity contribution in [3.63, 3.8) is 0 Å². The van der Waals surface area contributed by atoms with Gasteiger partial charge >= 0.3 is 0 Å². The van der Waals surface area contributed by atoms with Crippen LogP contribution in [0.25, 0.3) is 21.8 Å². The van der Waals surface area contributed by atoms with Crippen molar-refractivity contribution in [3.05, 3.63) is 120 Å². The molecule has 0 bridgehead atoms. The largest absolute Gasteiger partial charge is 0.340 e. The number of benzene rings is 4.